The third-order valence-electron chi connectivity index (χ3n) is 0.890. The van der Waals surface area contributed by atoms with Crippen molar-refractivity contribution >= 4 is 11.9 Å². The molecule has 1 amide bonds. The molecule has 0 aromatic heterocycles. The van der Waals surface area contributed by atoms with Crippen molar-refractivity contribution in [3.05, 3.63) is 6.42 Å². The van der Waals surface area contributed by atoms with Gasteiger partial charge in [0.05, 0.1) is 11.9 Å². The van der Waals surface area contributed by atoms with Gasteiger partial charge in [-0.3, -0.25) is 4.79 Å². The summed E-state index contributed by atoms with van der Waals surface area (Å²) in [5.41, 5.74) is 9.72. The van der Waals surface area contributed by atoms with Crippen molar-refractivity contribution in [1.82, 2.24) is 0 Å². The van der Waals surface area contributed by atoms with Gasteiger partial charge in [0, 0.05) is 0 Å². The standard InChI is InChI=1S/C5H9N2O3.Au/c6-3(5(9)10)1-2-4(7)8;/h2-3H,1,6H2,(H2,7,8)(H,9,10);/q-1;+1/t3-;/m0./s1. The van der Waals surface area contributed by atoms with Crippen molar-refractivity contribution in [2.24, 2.45) is 11.5 Å². The molecule has 5 N–H and O–H groups in total. The van der Waals surface area contributed by atoms with Crippen LogP contribution in [-0.4, -0.2) is 23.0 Å². The van der Waals surface area contributed by atoms with Crippen LogP contribution in [-0.2, 0) is 32.0 Å². The van der Waals surface area contributed by atoms with Crippen LogP contribution in [0.25, 0.3) is 0 Å². The molecule has 0 aliphatic heterocycles. The first kappa shape index (κ1) is 13.1. The molecule has 0 unspecified atom stereocenters. The topological polar surface area (TPSA) is 106 Å². The van der Waals surface area contributed by atoms with Gasteiger partial charge in [-0.05, 0) is 0 Å². The smallest absolute Gasteiger partial charge is 0.480 e. The van der Waals surface area contributed by atoms with Crippen LogP contribution in [0.3, 0.4) is 0 Å². The number of hydrogen-bond acceptors (Lipinski definition) is 3. The molecule has 11 heavy (non-hydrogen) atoms. The molecular weight excluding hydrogens is 333 g/mol. The number of nitrogens with two attached hydrogens (primary N) is 2. The van der Waals surface area contributed by atoms with E-state index >= 15 is 0 Å². The Bertz CT molecular complexity index is 151. The summed E-state index contributed by atoms with van der Waals surface area (Å²) in [6.45, 7) is 0. The summed E-state index contributed by atoms with van der Waals surface area (Å²) < 4.78 is 0. The van der Waals surface area contributed by atoms with Gasteiger partial charge >= 0.3 is 28.3 Å². The van der Waals surface area contributed by atoms with Gasteiger partial charge in [0.1, 0.15) is 0 Å². The molecule has 0 fully saturated rings. The molecule has 0 aromatic rings. The Labute approximate surface area is 79.6 Å². The Morgan fingerprint density at radius 1 is 1.55 bits per heavy atom. The van der Waals surface area contributed by atoms with Crippen LogP contribution in [0.15, 0.2) is 0 Å². The molecule has 6 heteroatoms. The number of carboxylic acid groups (broad SMARTS) is 1. The van der Waals surface area contributed by atoms with Crippen molar-refractivity contribution in [3.8, 4) is 0 Å². The summed E-state index contributed by atoms with van der Waals surface area (Å²) >= 11 is 0. The average molecular weight is 342 g/mol. The van der Waals surface area contributed by atoms with Gasteiger partial charge < -0.3 is 27.8 Å². The van der Waals surface area contributed by atoms with E-state index in [2.05, 4.69) is 0 Å². The van der Waals surface area contributed by atoms with E-state index in [9.17, 15) is 9.59 Å². The zero-order valence-corrected chi connectivity index (χ0v) is 7.75. The average Bonchev–Trinajstić information content (AvgIpc) is 1.82. The maximum atomic E-state index is 10.0. The summed E-state index contributed by atoms with van der Waals surface area (Å²) in [4.78, 5) is 20.1. The molecule has 0 saturated heterocycles. The number of hydrogen-bond donors (Lipinski definition) is 3. The molecular formula is C5H9AuN2O3. The predicted octanol–water partition coefficient (Wildman–Crippen LogP) is -1.52. The second kappa shape index (κ2) is 6.24. The fourth-order valence-electron chi connectivity index (χ4n) is 0.344. The Morgan fingerprint density at radius 3 is 2.27 bits per heavy atom. The fourth-order valence-corrected chi connectivity index (χ4v) is 0.344. The molecule has 0 aliphatic carbocycles. The summed E-state index contributed by atoms with van der Waals surface area (Å²) in [6, 6.07) is -1.03. The number of carbonyl (C=O) groups is 2. The number of aliphatic carboxylic acids is 1. The summed E-state index contributed by atoms with van der Waals surface area (Å²) in [6.07, 6.45) is 1.02. The molecule has 0 radical (unpaired) electrons. The van der Waals surface area contributed by atoms with Crippen LogP contribution >= 0.6 is 0 Å². The van der Waals surface area contributed by atoms with Crippen molar-refractivity contribution in [3.63, 3.8) is 0 Å². The minimum atomic E-state index is -1.14. The Balaban J connectivity index is 0. The third-order valence-corrected chi connectivity index (χ3v) is 0.890. The first-order valence-corrected chi connectivity index (χ1v) is 2.65. The van der Waals surface area contributed by atoms with Gasteiger partial charge in [-0.15, -0.1) is 6.42 Å². The van der Waals surface area contributed by atoms with Crippen LogP contribution in [0.1, 0.15) is 6.42 Å². The molecule has 0 aromatic carbocycles. The summed E-state index contributed by atoms with van der Waals surface area (Å²) in [5, 5.41) is 8.20. The van der Waals surface area contributed by atoms with Gasteiger partial charge in [0.2, 0.25) is 0 Å². The normalized spacial score (nSPS) is 11.0. The molecule has 5 nitrogen and oxygen atoms in total. The largest absolute Gasteiger partial charge is 1.00 e. The second-order valence-electron chi connectivity index (χ2n) is 1.79. The van der Waals surface area contributed by atoms with Gasteiger partial charge in [-0.1, -0.05) is 0 Å². The number of carbonyl (C=O) groups excluding carboxylic acids is 1. The molecule has 0 saturated carbocycles. The van der Waals surface area contributed by atoms with E-state index < -0.39 is 17.9 Å². The van der Waals surface area contributed by atoms with Crippen molar-refractivity contribution < 1.29 is 37.1 Å². The third kappa shape index (κ3) is 7.41. The van der Waals surface area contributed by atoms with Crippen LogP contribution < -0.4 is 11.5 Å². The van der Waals surface area contributed by atoms with Gasteiger partial charge in [-0.2, -0.15) is 0 Å². The van der Waals surface area contributed by atoms with E-state index in [1.54, 1.807) is 0 Å². The van der Waals surface area contributed by atoms with Crippen LogP contribution in [0.4, 0.5) is 0 Å². The quantitative estimate of drug-likeness (QED) is 0.426. The maximum Gasteiger partial charge on any atom is 1.00 e. The Morgan fingerprint density at radius 2 is 2.00 bits per heavy atom. The van der Waals surface area contributed by atoms with Crippen LogP contribution in [0, 0.1) is 6.42 Å². The Kier molecular flexibility index (Phi) is 7.44. The number of carboxylic acids is 1. The minimum Gasteiger partial charge on any atom is -0.480 e. The molecule has 0 heterocycles. The molecule has 0 aliphatic rings. The number of primary amides is 1. The minimum absolute atomic E-state index is 0. The van der Waals surface area contributed by atoms with E-state index in [4.69, 9.17) is 16.6 Å². The van der Waals surface area contributed by atoms with Gasteiger partial charge in [-0.25, -0.2) is 0 Å². The predicted molar refractivity (Wildman–Crippen MR) is 33.7 cm³/mol. The van der Waals surface area contributed by atoms with E-state index in [1.807, 2.05) is 0 Å². The van der Waals surface area contributed by atoms with Gasteiger partial charge in [0.25, 0.3) is 0 Å². The van der Waals surface area contributed by atoms with Crippen molar-refractivity contribution in [2.45, 2.75) is 12.5 Å². The van der Waals surface area contributed by atoms with Crippen molar-refractivity contribution in [1.29, 1.82) is 0 Å². The molecule has 0 bridgehead atoms. The molecule has 1 atom stereocenters. The monoisotopic (exact) mass is 342 g/mol. The van der Waals surface area contributed by atoms with Crippen LogP contribution in [0.5, 0.6) is 0 Å². The van der Waals surface area contributed by atoms with E-state index in [-0.39, 0.29) is 28.8 Å². The Hall–Kier alpha value is -0.490. The van der Waals surface area contributed by atoms with E-state index in [1.165, 1.54) is 0 Å². The molecule has 0 spiro atoms. The fraction of sp³-hybridized carbons (Fsp3) is 0.400. The molecule has 68 valence electrons. The second-order valence-corrected chi connectivity index (χ2v) is 1.79. The SMILES string of the molecule is NC(=O)[CH-]C[C@H](N)C(=O)O.[Au+]. The molecule has 0 rings (SSSR count). The van der Waals surface area contributed by atoms with Gasteiger partial charge in [0.15, 0.2) is 0 Å². The van der Waals surface area contributed by atoms with Crippen molar-refractivity contribution in [2.75, 3.05) is 0 Å². The first-order valence-electron chi connectivity index (χ1n) is 2.65. The van der Waals surface area contributed by atoms with E-state index in [0.717, 1.165) is 6.42 Å². The summed E-state index contributed by atoms with van der Waals surface area (Å²) in [7, 11) is 0. The zero-order valence-electron chi connectivity index (χ0n) is 5.58. The van der Waals surface area contributed by atoms with E-state index in [0.29, 0.717) is 0 Å². The van der Waals surface area contributed by atoms with Crippen LogP contribution in [0.2, 0.25) is 0 Å². The summed E-state index contributed by atoms with van der Waals surface area (Å²) in [5.74, 6) is -1.80. The number of amides is 1. The first-order chi connectivity index (χ1) is 4.54. The maximum absolute atomic E-state index is 10.0. The zero-order chi connectivity index (χ0) is 8.15. The number of rotatable bonds is 4.